The molecular formula is C22H20N2O4S. The lowest BCUT2D eigenvalue weighted by atomic mass is 9.98. The summed E-state index contributed by atoms with van der Waals surface area (Å²) in [6, 6.07) is 15.1. The topological polar surface area (TPSA) is 79.7 Å². The van der Waals surface area contributed by atoms with E-state index in [0.717, 1.165) is 27.2 Å². The van der Waals surface area contributed by atoms with Crippen molar-refractivity contribution < 1.29 is 19.4 Å². The molecule has 7 heteroatoms. The fourth-order valence-electron chi connectivity index (χ4n) is 3.73. The van der Waals surface area contributed by atoms with Crippen LogP contribution in [0.5, 0.6) is 0 Å². The molecule has 148 valence electrons. The molecule has 0 saturated carbocycles. The standard InChI is InChI=1S/C22H20N2O4S/c1-24(19(21(25)26)12-20-23-10-11-29-20)22(27)28-13-18-16-8-4-2-6-14(16)15-7-3-5-9-17(15)18/h2-11,18-19H,12-13H2,1H3,(H,25,26)/t19-/m0/s1. The van der Waals surface area contributed by atoms with Crippen molar-refractivity contribution in [1.29, 1.82) is 0 Å². The van der Waals surface area contributed by atoms with Gasteiger partial charge in [-0.05, 0) is 22.3 Å². The Labute approximate surface area is 172 Å². The number of nitrogens with zero attached hydrogens (tertiary/aromatic N) is 2. The van der Waals surface area contributed by atoms with E-state index in [1.807, 2.05) is 36.4 Å². The Hall–Kier alpha value is -3.19. The number of carboxylic acid groups (broad SMARTS) is 1. The van der Waals surface area contributed by atoms with Crippen molar-refractivity contribution in [2.75, 3.05) is 13.7 Å². The molecule has 0 unspecified atom stereocenters. The molecule has 0 saturated heterocycles. The number of carbonyl (C=O) groups excluding carboxylic acids is 1. The summed E-state index contributed by atoms with van der Waals surface area (Å²) in [6.45, 7) is 0.154. The number of carbonyl (C=O) groups is 2. The van der Waals surface area contributed by atoms with Gasteiger partial charge in [0.05, 0.1) is 5.01 Å². The molecule has 1 N–H and O–H groups in total. The van der Waals surface area contributed by atoms with Crippen LogP contribution in [-0.2, 0) is 16.0 Å². The molecule has 1 atom stereocenters. The lowest BCUT2D eigenvalue weighted by Crippen LogP contribution is -2.44. The molecule has 1 amide bonds. The number of amides is 1. The average molecular weight is 408 g/mol. The van der Waals surface area contributed by atoms with Gasteiger partial charge in [-0.3, -0.25) is 4.90 Å². The Balaban J connectivity index is 1.48. The van der Waals surface area contributed by atoms with Crippen LogP contribution in [0.3, 0.4) is 0 Å². The van der Waals surface area contributed by atoms with Crippen LogP contribution in [-0.4, -0.2) is 46.7 Å². The summed E-state index contributed by atoms with van der Waals surface area (Å²) in [7, 11) is 1.45. The molecule has 3 aromatic rings. The predicted octanol–water partition coefficient (Wildman–Crippen LogP) is 4.02. The summed E-state index contributed by atoms with van der Waals surface area (Å²) in [5, 5.41) is 12.0. The molecule has 1 aliphatic carbocycles. The molecule has 6 nitrogen and oxygen atoms in total. The van der Waals surface area contributed by atoms with Crippen LogP contribution in [0.25, 0.3) is 11.1 Å². The largest absolute Gasteiger partial charge is 0.480 e. The van der Waals surface area contributed by atoms with Crippen LogP contribution in [0.4, 0.5) is 4.79 Å². The van der Waals surface area contributed by atoms with Crippen LogP contribution in [0.15, 0.2) is 60.1 Å². The Bertz CT molecular complexity index is 989. The zero-order chi connectivity index (χ0) is 20.4. The minimum absolute atomic E-state index is 0.0676. The van der Waals surface area contributed by atoms with Crippen molar-refractivity contribution >= 4 is 23.4 Å². The molecule has 1 aliphatic rings. The molecule has 0 spiro atoms. The first kappa shape index (κ1) is 19.1. The third-order valence-electron chi connectivity index (χ3n) is 5.23. The maximum atomic E-state index is 12.6. The highest BCUT2D eigenvalue weighted by atomic mass is 32.1. The van der Waals surface area contributed by atoms with Gasteiger partial charge in [-0.25, -0.2) is 14.6 Å². The molecule has 1 heterocycles. The van der Waals surface area contributed by atoms with E-state index >= 15 is 0 Å². The number of carboxylic acids is 1. The number of likely N-dealkylation sites (N-methyl/N-ethyl adjacent to an activating group) is 1. The summed E-state index contributed by atoms with van der Waals surface area (Å²) in [5.41, 5.74) is 4.51. The molecule has 29 heavy (non-hydrogen) atoms. The Morgan fingerprint density at radius 2 is 1.76 bits per heavy atom. The molecule has 4 rings (SSSR count). The monoisotopic (exact) mass is 408 g/mol. The summed E-state index contributed by atoms with van der Waals surface area (Å²) < 4.78 is 5.56. The number of hydrogen-bond donors (Lipinski definition) is 1. The van der Waals surface area contributed by atoms with Gasteiger partial charge in [0.15, 0.2) is 0 Å². The number of fused-ring (bicyclic) bond motifs is 3. The molecule has 0 aliphatic heterocycles. The number of aromatic nitrogens is 1. The SMILES string of the molecule is CN(C(=O)OCC1c2ccccc2-c2ccccc21)[C@@H](Cc1nccs1)C(=O)O. The number of thiazole rings is 1. The smallest absolute Gasteiger partial charge is 0.410 e. The lowest BCUT2D eigenvalue weighted by Gasteiger charge is -2.24. The number of ether oxygens (including phenoxy) is 1. The van der Waals surface area contributed by atoms with Crippen LogP contribution in [0, 0.1) is 0 Å². The highest BCUT2D eigenvalue weighted by Gasteiger charge is 2.32. The van der Waals surface area contributed by atoms with Gasteiger partial charge in [0, 0.05) is 31.0 Å². The van der Waals surface area contributed by atoms with E-state index in [0.29, 0.717) is 5.01 Å². The van der Waals surface area contributed by atoms with E-state index in [1.54, 1.807) is 11.6 Å². The number of hydrogen-bond acceptors (Lipinski definition) is 5. The minimum atomic E-state index is -1.09. The van der Waals surface area contributed by atoms with E-state index in [9.17, 15) is 14.7 Å². The second-order valence-corrected chi connectivity index (χ2v) is 7.88. The van der Waals surface area contributed by atoms with Gasteiger partial charge >= 0.3 is 12.1 Å². The highest BCUT2D eigenvalue weighted by Crippen LogP contribution is 2.44. The third kappa shape index (κ3) is 3.73. The van der Waals surface area contributed by atoms with Crippen molar-refractivity contribution in [1.82, 2.24) is 9.88 Å². The number of rotatable bonds is 6. The summed E-state index contributed by atoms with van der Waals surface area (Å²) in [6.07, 6.45) is 1.11. The Kier molecular flexibility index (Phi) is 5.31. The molecule has 0 fully saturated rings. The fraction of sp³-hybridized carbons (Fsp3) is 0.227. The molecular weight excluding hydrogens is 388 g/mol. The van der Waals surface area contributed by atoms with E-state index in [4.69, 9.17) is 4.74 Å². The quantitative estimate of drug-likeness (QED) is 0.666. The van der Waals surface area contributed by atoms with Crippen molar-refractivity contribution in [3.63, 3.8) is 0 Å². The predicted molar refractivity (Wildman–Crippen MR) is 110 cm³/mol. The summed E-state index contributed by atoms with van der Waals surface area (Å²) in [4.78, 5) is 29.6. The van der Waals surface area contributed by atoms with Gasteiger partial charge < -0.3 is 9.84 Å². The van der Waals surface area contributed by atoms with Crippen molar-refractivity contribution in [2.24, 2.45) is 0 Å². The van der Waals surface area contributed by atoms with Crippen molar-refractivity contribution in [2.45, 2.75) is 18.4 Å². The number of aliphatic carboxylic acids is 1. The van der Waals surface area contributed by atoms with Gasteiger partial charge in [0.25, 0.3) is 0 Å². The Morgan fingerprint density at radius 1 is 1.14 bits per heavy atom. The summed E-state index contributed by atoms with van der Waals surface area (Å²) in [5.74, 6) is -1.15. The maximum absolute atomic E-state index is 12.6. The first-order valence-corrected chi connectivity index (χ1v) is 10.1. The first-order valence-electron chi connectivity index (χ1n) is 9.25. The van der Waals surface area contributed by atoms with Crippen molar-refractivity contribution in [3.8, 4) is 11.1 Å². The fourth-order valence-corrected chi connectivity index (χ4v) is 4.39. The maximum Gasteiger partial charge on any atom is 0.410 e. The zero-order valence-electron chi connectivity index (χ0n) is 15.8. The van der Waals surface area contributed by atoms with E-state index in [2.05, 4.69) is 17.1 Å². The molecule has 2 aromatic carbocycles. The molecule has 0 radical (unpaired) electrons. The second-order valence-electron chi connectivity index (χ2n) is 6.90. The number of benzene rings is 2. The van der Waals surface area contributed by atoms with Gasteiger partial charge in [0.2, 0.25) is 0 Å². The third-order valence-corrected chi connectivity index (χ3v) is 6.03. The average Bonchev–Trinajstić information content (AvgIpc) is 3.36. The van der Waals surface area contributed by atoms with E-state index in [-0.39, 0.29) is 18.9 Å². The Morgan fingerprint density at radius 3 is 2.31 bits per heavy atom. The van der Waals surface area contributed by atoms with E-state index < -0.39 is 18.1 Å². The van der Waals surface area contributed by atoms with Crippen molar-refractivity contribution in [3.05, 3.63) is 76.2 Å². The van der Waals surface area contributed by atoms with Gasteiger partial charge in [-0.15, -0.1) is 11.3 Å². The minimum Gasteiger partial charge on any atom is -0.480 e. The van der Waals surface area contributed by atoms with Crippen LogP contribution in [0.2, 0.25) is 0 Å². The highest BCUT2D eigenvalue weighted by molar-refractivity contribution is 7.09. The van der Waals surface area contributed by atoms with Gasteiger partial charge in [-0.2, -0.15) is 0 Å². The molecule has 0 bridgehead atoms. The van der Waals surface area contributed by atoms with Crippen LogP contribution >= 0.6 is 11.3 Å². The van der Waals surface area contributed by atoms with Crippen LogP contribution < -0.4 is 0 Å². The van der Waals surface area contributed by atoms with Gasteiger partial charge in [0.1, 0.15) is 12.6 Å². The first-order chi connectivity index (χ1) is 14.1. The normalized spacial score (nSPS) is 13.4. The van der Waals surface area contributed by atoms with Gasteiger partial charge in [-0.1, -0.05) is 48.5 Å². The second kappa shape index (κ2) is 8.05. The zero-order valence-corrected chi connectivity index (χ0v) is 16.6. The van der Waals surface area contributed by atoms with Crippen LogP contribution in [0.1, 0.15) is 22.1 Å². The summed E-state index contributed by atoms with van der Waals surface area (Å²) >= 11 is 1.36. The molecule has 1 aromatic heterocycles. The van der Waals surface area contributed by atoms with E-state index in [1.165, 1.54) is 18.4 Å². The lowest BCUT2D eigenvalue weighted by molar-refractivity contribution is -0.142.